The Morgan fingerprint density at radius 2 is 2.11 bits per heavy atom. The van der Waals surface area contributed by atoms with Crippen LogP contribution in [-0.4, -0.2) is 18.8 Å². The Labute approximate surface area is 113 Å². The molecule has 0 amide bonds. The molecule has 1 aromatic rings. The van der Waals surface area contributed by atoms with Gasteiger partial charge in [-0.2, -0.15) is 12.6 Å². The highest BCUT2D eigenvalue weighted by Gasteiger charge is 2.31. The number of hydrogen-bond donors (Lipinski definition) is 1. The highest BCUT2D eigenvalue weighted by molar-refractivity contribution is 7.80. The lowest BCUT2D eigenvalue weighted by Crippen LogP contribution is -2.26. The van der Waals surface area contributed by atoms with Gasteiger partial charge in [0.05, 0.1) is 13.0 Å². The Morgan fingerprint density at radius 3 is 2.72 bits per heavy atom. The molecular formula is C15H18O2S. The van der Waals surface area contributed by atoms with Crippen LogP contribution in [0.1, 0.15) is 24.3 Å². The van der Waals surface area contributed by atoms with E-state index in [9.17, 15) is 4.79 Å². The molecule has 96 valence electrons. The van der Waals surface area contributed by atoms with Gasteiger partial charge in [-0.25, -0.2) is 0 Å². The van der Waals surface area contributed by atoms with Gasteiger partial charge >= 0.3 is 5.97 Å². The van der Waals surface area contributed by atoms with E-state index in [2.05, 4.69) is 30.8 Å². The number of benzene rings is 1. The van der Waals surface area contributed by atoms with Gasteiger partial charge < -0.3 is 4.74 Å². The number of ether oxygens (including phenoxy) is 1. The van der Waals surface area contributed by atoms with Crippen LogP contribution in [0.25, 0.3) is 0 Å². The first-order chi connectivity index (χ1) is 8.76. The van der Waals surface area contributed by atoms with Crippen molar-refractivity contribution in [2.45, 2.75) is 18.8 Å². The smallest absolute Gasteiger partial charge is 0.309 e. The minimum Gasteiger partial charge on any atom is -0.469 e. The summed E-state index contributed by atoms with van der Waals surface area (Å²) in [5.41, 5.74) is 2.49. The van der Waals surface area contributed by atoms with Crippen molar-refractivity contribution < 1.29 is 9.53 Å². The van der Waals surface area contributed by atoms with Gasteiger partial charge in [0.1, 0.15) is 0 Å². The van der Waals surface area contributed by atoms with E-state index < -0.39 is 0 Å². The molecule has 0 heterocycles. The van der Waals surface area contributed by atoms with Crippen LogP contribution in [0.5, 0.6) is 0 Å². The van der Waals surface area contributed by atoms with Crippen LogP contribution < -0.4 is 0 Å². The average molecular weight is 262 g/mol. The highest BCUT2D eigenvalue weighted by Crippen LogP contribution is 2.37. The maximum atomic E-state index is 11.9. The number of carbonyl (C=O) groups is 1. The first-order valence-corrected chi connectivity index (χ1v) is 6.82. The quantitative estimate of drug-likeness (QED) is 0.514. The molecule has 0 radical (unpaired) electrons. The Balaban J connectivity index is 2.33. The summed E-state index contributed by atoms with van der Waals surface area (Å²) in [5, 5.41) is 0. The van der Waals surface area contributed by atoms with Crippen LogP contribution in [0.2, 0.25) is 0 Å². The number of methoxy groups -OCH3 is 1. The lowest BCUT2D eigenvalue weighted by Gasteiger charge is -2.28. The van der Waals surface area contributed by atoms with Crippen LogP contribution in [0.15, 0.2) is 42.0 Å². The Hall–Kier alpha value is -1.22. The van der Waals surface area contributed by atoms with E-state index in [4.69, 9.17) is 4.74 Å². The summed E-state index contributed by atoms with van der Waals surface area (Å²) in [5.74, 6) is 0.700. The second kappa shape index (κ2) is 6.10. The summed E-state index contributed by atoms with van der Waals surface area (Å²) < 4.78 is 4.92. The third-order valence-corrected chi connectivity index (χ3v) is 3.92. The maximum Gasteiger partial charge on any atom is 0.309 e. The predicted molar refractivity (Wildman–Crippen MR) is 75.9 cm³/mol. The average Bonchev–Trinajstić information content (AvgIpc) is 2.46. The monoisotopic (exact) mass is 262 g/mol. The third kappa shape index (κ3) is 2.78. The molecule has 2 nitrogen and oxygen atoms in total. The van der Waals surface area contributed by atoms with Gasteiger partial charge in [-0.05, 0) is 18.4 Å². The fourth-order valence-corrected chi connectivity index (χ4v) is 2.79. The molecule has 0 spiro atoms. The molecule has 1 aromatic carbocycles. The van der Waals surface area contributed by atoms with Crippen LogP contribution >= 0.6 is 12.6 Å². The van der Waals surface area contributed by atoms with E-state index in [0.717, 1.165) is 18.6 Å². The molecule has 2 rings (SSSR count). The SMILES string of the molecule is COC(=O)[C@@H]1CCC(CS)=C[C@@H]1c1ccccc1. The topological polar surface area (TPSA) is 26.3 Å². The third-order valence-electron chi connectivity index (χ3n) is 3.52. The van der Waals surface area contributed by atoms with E-state index in [0.29, 0.717) is 0 Å². The molecule has 3 heteroatoms. The molecule has 0 saturated carbocycles. The molecule has 1 aliphatic carbocycles. The zero-order valence-corrected chi connectivity index (χ0v) is 11.4. The van der Waals surface area contributed by atoms with E-state index in [1.807, 2.05) is 18.2 Å². The van der Waals surface area contributed by atoms with Crippen molar-refractivity contribution >= 4 is 18.6 Å². The maximum absolute atomic E-state index is 11.9. The molecule has 0 fully saturated rings. The molecule has 0 saturated heterocycles. The summed E-state index contributed by atoms with van der Waals surface area (Å²) in [7, 11) is 1.46. The van der Waals surface area contributed by atoms with Crippen molar-refractivity contribution in [3.8, 4) is 0 Å². The van der Waals surface area contributed by atoms with Crippen molar-refractivity contribution in [1.82, 2.24) is 0 Å². The van der Waals surface area contributed by atoms with Gasteiger partial charge in [-0.3, -0.25) is 4.79 Å². The van der Waals surface area contributed by atoms with Gasteiger partial charge in [0.25, 0.3) is 0 Å². The van der Waals surface area contributed by atoms with Gasteiger partial charge in [-0.15, -0.1) is 0 Å². The molecule has 1 aliphatic rings. The summed E-state index contributed by atoms with van der Waals surface area (Å²) in [6.07, 6.45) is 3.97. The van der Waals surface area contributed by atoms with E-state index in [1.165, 1.54) is 18.2 Å². The van der Waals surface area contributed by atoms with Crippen molar-refractivity contribution in [1.29, 1.82) is 0 Å². The van der Waals surface area contributed by atoms with E-state index >= 15 is 0 Å². The lowest BCUT2D eigenvalue weighted by molar-refractivity contribution is -0.146. The number of esters is 1. The molecule has 0 aliphatic heterocycles. The highest BCUT2D eigenvalue weighted by atomic mass is 32.1. The first-order valence-electron chi connectivity index (χ1n) is 6.19. The van der Waals surface area contributed by atoms with E-state index in [-0.39, 0.29) is 17.8 Å². The molecule has 2 atom stereocenters. The molecule has 0 bridgehead atoms. The standard InChI is InChI=1S/C15H18O2S/c1-17-15(16)13-8-7-11(10-18)9-14(13)12-5-3-2-4-6-12/h2-6,9,13-14,18H,7-8,10H2,1H3/t13-,14-/m1/s1. The largest absolute Gasteiger partial charge is 0.469 e. The van der Waals surface area contributed by atoms with Gasteiger partial charge in [-0.1, -0.05) is 42.0 Å². The second-order valence-corrected chi connectivity index (χ2v) is 4.90. The fraction of sp³-hybridized carbons (Fsp3) is 0.400. The Bertz CT molecular complexity index is 439. The van der Waals surface area contributed by atoms with Crippen LogP contribution in [0.3, 0.4) is 0 Å². The first kappa shape index (κ1) is 13.2. The summed E-state index contributed by atoms with van der Waals surface area (Å²) in [4.78, 5) is 11.9. The van der Waals surface area contributed by atoms with Crippen molar-refractivity contribution in [2.24, 2.45) is 5.92 Å². The summed E-state index contributed by atoms with van der Waals surface area (Å²) in [6, 6.07) is 10.1. The minimum absolute atomic E-state index is 0.0685. The van der Waals surface area contributed by atoms with Gasteiger partial charge in [0.2, 0.25) is 0 Å². The predicted octanol–water partition coefficient (Wildman–Crippen LogP) is 3.21. The Morgan fingerprint density at radius 1 is 1.39 bits per heavy atom. The van der Waals surface area contributed by atoms with E-state index in [1.54, 1.807) is 0 Å². The van der Waals surface area contributed by atoms with Crippen molar-refractivity contribution in [2.75, 3.05) is 12.9 Å². The molecule has 18 heavy (non-hydrogen) atoms. The number of carbonyl (C=O) groups excluding carboxylic acids is 1. The van der Waals surface area contributed by atoms with Crippen LogP contribution in [0, 0.1) is 5.92 Å². The van der Waals surface area contributed by atoms with Crippen LogP contribution in [0.4, 0.5) is 0 Å². The second-order valence-electron chi connectivity index (χ2n) is 4.59. The normalized spacial score (nSPS) is 23.3. The number of hydrogen-bond acceptors (Lipinski definition) is 3. The molecule has 0 N–H and O–H groups in total. The van der Waals surface area contributed by atoms with Crippen LogP contribution in [-0.2, 0) is 9.53 Å². The summed E-state index contributed by atoms with van der Waals surface area (Å²) >= 11 is 4.34. The Kier molecular flexibility index (Phi) is 4.48. The lowest BCUT2D eigenvalue weighted by atomic mass is 9.77. The van der Waals surface area contributed by atoms with Gasteiger partial charge in [0, 0.05) is 11.7 Å². The molecular weight excluding hydrogens is 244 g/mol. The summed E-state index contributed by atoms with van der Waals surface area (Å²) in [6.45, 7) is 0. The van der Waals surface area contributed by atoms with Crippen molar-refractivity contribution in [3.63, 3.8) is 0 Å². The fourth-order valence-electron chi connectivity index (χ4n) is 2.53. The minimum atomic E-state index is -0.113. The zero-order valence-electron chi connectivity index (χ0n) is 10.5. The zero-order chi connectivity index (χ0) is 13.0. The van der Waals surface area contributed by atoms with Gasteiger partial charge in [0.15, 0.2) is 0 Å². The molecule has 0 aromatic heterocycles. The van der Waals surface area contributed by atoms with Crippen molar-refractivity contribution in [3.05, 3.63) is 47.5 Å². The molecule has 0 unspecified atom stereocenters. The number of thiol groups is 1. The number of allylic oxidation sites excluding steroid dienone is 1. The number of rotatable bonds is 3.